The van der Waals surface area contributed by atoms with Crippen LogP contribution in [0, 0.1) is 0 Å². The van der Waals surface area contributed by atoms with Crippen LogP contribution in [0.4, 0.5) is 0 Å². The van der Waals surface area contributed by atoms with E-state index in [0.29, 0.717) is 42.1 Å². The minimum Gasteiger partial charge on any atom is -0.483 e. The van der Waals surface area contributed by atoms with Crippen LogP contribution in [0.15, 0.2) is 76.6 Å². The van der Waals surface area contributed by atoms with Crippen LogP contribution in [-0.4, -0.2) is 60.4 Å². The lowest BCUT2D eigenvalue weighted by Gasteiger charge is -2.26. The highest BCUT2D eigenvalue weighted by atomic mass is 79.9. The molecule has 0 atom stereocenters. The Hall–Kier alpha value is -3.43. The van der Waals surface area contributed by atoms with Crippen molar-refractivity contribution >= 4 is 34.0 Å². The van der Waals surface area contributed by atoms with Crippen LogP contribution in [0.25, 0.3) is 5.69 Å². The van der Waals surface area contributed by atoms with Crippen LogP contribution in [0.3, 0.4) is 0 Å². The van der Waals surface area contributed by atoms with Crippen LogP contribution >= 0.6 is 15.9 Å². The van der Waals surface area contributed by atoms with Gasteiger partial charge in [-0.3, -0.25) is 9.59 Å². The molecule has 1 saturated heterocycles. The van der Waals surface area contributed by atoms with Gasteiger partial charge in [0, 0.05) is 36.7 Å². The minimum absolute atomic E-state index is 0.0375. The number of morpholine rings is 1. The Balaban J connectivity index is 1.31. The van der Waals surface area contributed by atoms with Crippen molar-refractivity contribution in [2.24, 2.45) is 5.10 Å². The van der Waals surface area contributed by atoms with Crippen LogP contribution in [-0.2, 0) is 9.53 Å². The molecule has 1 N–H and O–H groups in total. The van der Waals surface area contributed by atoms with Gasteiger partial charge in [0.1, 0.15) is 5.75 Å². The maximum Gasteiger partial charge on any atom is 0.271 e. The van der Waals surface area contributed by atoms with E-state index < -0.39 is 0 Å². The van der Waals surface area contributed by atoms with Crippen molar-refractivity contribution < 1.29 is 19.1 Å². The first kappa shape index (κ1) is 22.8. The van der Waals surface area contributed by atoms with Crippen molar-refractivity contribution in [1.29, 1.82) is 0 Å². The molecule has 3 aromatic rings. The number of hydrogen-bond acceptors (Lipinski definition) is 5. The first-order valence-electron chi connectivity index (χ1n) is 10.4. The molecule has 0 aliphatic carbocycles. The molecule has 0 spiro atoms. The molecule has 8 nitrogen and oxygen atoms in total. The molecule has 1 aliphatic rings. The van der Waals surface area contributed by atoms with Gasteiger partial charge in [0.15, 0.2) is 6.61 Å². The first-order valence-corrected chi connectivity index (χ1v) is 11.2. The number of hydrazone groups is 1. The summed E-state index contributed by atoms with van der Waals surface area (Å²) in [6.07, 6.45) is 5.37. The van der Waals surface area contributed by atoms with E-state index in [1.807, 2.05) is 41.2 Å². The van der Waals surface area contributed by atoms with E-state index >= 15 is 0 Å². The SMILES string of the molecule is O=C(N/N=C/c1ccc(OCC(=O)N2CCOCC2)c(Br)c1)c1cccc(-n2cccc2)c1. The van der Waals surface area contributed by atoms with Gasteiger partial charge in [-0.1, -0.05) is 6.07 Å². The number of ether oxygens (including phenoxy) is 2. The van der Waals surface area contributed by atoms with Gasteiger partial charge in [0.25, 0.3) is 11.8 Å². The van der Waals surface area contributed by atoms with Crippen LogP contribution in [0.2, 0.25) is 0 Å². The Morgan fingerprint density at radius 1 is 1.09 bits per heavy atom. The minimum atomic E-state index is -0.305. The summed E-state index contributed by atoms with van der Waals surface area (Å²) >= 11 is 3.46. The summed E-state index contributed by atoms with van der Waals surface area (Å²) < 4.78 is 13.5. The van der Waals surface area contributed by atoms with Gasteiger partial charge >= 0.3 is 0 Å². The second-order valence-corrected chi connectivity index (χ2v) is 8.17. The average molecular weight is 511 g/mol. The number of rotatable bonds is 7. The van der Waals surface area contributed by atoms with Gasteiger partial charge in [-0.25, -0.2) is 5.43 Å². The van der Waals surface area contributed by atoms with Crippen molar-refractivity contribution in [3.8, 4) is 11.4 Å². The molecule has 4 rings (SSSR count). The van der Waals surface area contributed by atoms with Crippen LogP contribution in [0.5, 0.6) is 5.75 Å². The number of aromatic nitrogens is 1. The Labute approximate surface area is 199 Å². The summed E-state index contributed by atoms with van der Waals surface area (Å²) in [5, 5.41) is 4.05. The van der Waals surface area contributed by atoms with Crippen molar-refractivity contribution in [3.63, 3.8) is 0 Å². The molecule has 1 aliphatic heterocycles. The summed E-state index contributed by atoms with van der Waals surface area (Å²) in [5.41, 5.74) is 4.70. The molecule has 1 aromatic heterocycles. The van der Waals surface area contributed by atoms with E-state index in [1.54, 1.807) is 41.4 Å². The van der Waals surface area contributed by atoms with Gasteiger partial charge in [-0.05, 0) is 70.0 Å². The van der Waals surface area contributed by atoms with Gasteiger partial charge in [-0.2, -0.15) is 5.10 Å². The molecule has 0 unspecified atom stereocenters. The van der Waals surface area contributed by atoms with E-state index in [1.165, 1.54) is 0 Å². The predicted octanol–water partition coefficient (Wildman–Crippen LogP) is 3.24. The molecule has 2 heterocycles. The molecular weight excluding hydrogens is 488 g/mol. The van der Waals surface area contributed by atoms with Crippen LogP contribution in [0.1, 0.15) is 15.9 Å². The monoisotopic (exact) mass is 510 g/mol. The second-order valence-electron chi connectivity index (χ2n) is 7.31. The van der Waals surface area contributed by atoms with Crippen LogP contribution < -0.4 is 10.2 Å². The molecule has 2 amide bonds. The highest BCUT2D eigenvalue weighted by Gasteiger charge is 2.17. The number of nitrogens with one attached hydrogen (secondary N) is 1. The Bertz CT molecular complexity index is 1140. The molecule has 0 bridgehead atoms. The quantitative estimate of drug-likeness (QED) is 0.390. The van der Waals surface area contributed by atoms with Crippen molar-refractivity contribution in [2.75, 3.05) is 32.9 Å². The highest BCUT2D eigenvalue weighted by Crippen LogP contribution is 2.25. The normalized spacial score (nSPS) is 13.8. The number of halogens is 1. The maximum absolute atomic E-state index is 12.5. The summed E-state index contributed by atoms with van der Waals surface area (Å²) in [7, 11) is 0. The summed E-state index contributed by atoms with van der Waals surface area (Å²) in [6, 6.07) is 16.5. The van der Waals surface area contributed by atoms with Crippen molar-refractivity contribution in [1.82, 2.24) is 14.9 Å². The molecular formula is C24H23BrN4O4. The molecule has 33 heavy (non-hydrogen) atoms. The zero-order valence-electron chi connectivity index (χ0n) is 17.8. The zero-order chi connectivity index (χ0) is 23.0. The Morgan fingerprint density at radius 2 is 1.88 bits per heavy atom. The fourth-order valence-electron chi connectivity index (χ4n) is 3.30. The standard InChI is InChI=1S/C24H23BrN4O4/c25-21-14-18(6-7-22(21)33-17-23(30)29-10-12-32-13-11-29)16-26-27-24(31)19-4-3-5-20(15-19)28-8-1-2-9-28/h1-9,14-16H,10-13,17H2,(H,27,31)/b26-16+. The van der Waals surface area contributed by atoms with Gasteiger partial charge in [0.05, 0.1) is 23.9 Å². The summed E-state index contributed by atoms with van der Waals surface area (Å²) in [6.45, 7) is 2.24. The maximum atomic E-state index is 12.5. The molecule has 0 saturated carbocycles. The van der Waals surface area contributed by atoms with Crippen molar-refractivity contribution in [2.45, 2.75) is 0 Å². The number of hydrogen-bond donors (Lipinski definition) is 1. The number of benzene rings is 2. The van der Waals surface area contributed by atoms with Gasteiger partial charge in [0.2, 0.25) is 0 Å². The number of carbonyl (C=O) groups excluding carboxylic acids is 2. The van der Waals surface area contributed by atoms with E-state index in [9.17, 15) is 9.59 Å². The molecule has 170 valence electrons. The average Bonchev–Trinajstić information content (AvgIpc) is 3.39. The fraction of sp³-hybridized carbons (Fsp3) is 0.208. The van der Waals surface area contributed by atoms with Gasteiger partial charge < -0.3 is 18.9 Å². The zero-order valence-corrected chi connectivity index (χ0v) is 19.4. The Morgan fingerprint density at radius 3 is 2.64 bits per heavy atom. The number of amides is 2. The highest BCUT2D eigenvalue weighted by molar-refractivity contribution is 9.10. The molecule has 0 radical (unpaired) electrons. The number of carbonyl (C=O) groups is 2. The molecule has 2 aromatic carbocycles. The lowest BCUT2D eigenvalue weighted by atomic mass is 10.2. The third kappa shape index (κ3) is 6.09. The molecule has 1 fully saturated rings. The summed E-state index contributed by atoms with van der Waals surface area (Å²) in [4.78, 5) is 26.4. The third-order valence-corrected chi connectivity index (χ3v) is 5.68. The Kier molecular flexibility index (Phi) is 7.54. The fourth-order valence-corrected chi connectivity index (χ4v) is 3.81. The van der Waals surface area contributed by atoms with E-state index in [2.05, 4.69) is 26.5 Å². The lowest BCUT2D eigenvalue weighted by Crippen LogP contribution is -2.43. The molecule has 9 heteroatoms. The predicted molar refractivity (Wildman–Crippen MR) is 128 cm³/mol. The second kappa shape index (κ2) is 10.9. The van der Waals surface area contributed by atoms with E-state index in [0.717, 1.165) is 11.3 Å². The first-order chi connectivity index (χ1) is 16.1. The van der Waals surface area contributed by atoms with E-state index in [4.69, 9.17) is 9.47 Å². The van der Waals surface area contributed by atoms with Gasteiger partial charge in [-0.15, -0.1) is 0 Å². The van der Waals surface area contributed by atoms with Crippen molar-refractivity contribution in [3.05, 3.63) is 82.6 Å². The third-order valence-electron chi connectivity index (χ3n) is 5.06. The largest absolute Gasteiger partial charge is 0.483 e. The van der Waals surface area contributed by atoms with E-state index in [-0.39, 0.29) is 18.4 Å². The lowest BCUT2D eigenvalue weighted by molar-refractivity contribution is -0.137. The smallest absolute Gasteiger partial charge is 0.271 e. The summed E-state index contributed by atoms with van der Waals surface area (Å²) in [5.74, 6) is 0.180. The number of nitrogens with zero attached hydrogens (tertiary/aromatic N) is 3. The topological polar surface area (TPSA) is 85.2 Å².